The number of imide groups is 1. The van der Waals surface area contributed by atoms with Crippen molar-refractivity contribution in [1.82, 2.24) is 25.1 Å². The highest BCUT2D eigenvalue weighted by atomic mass is 16.5. The Morgan fingerprint density at radius 3 is 2.47 bits per heavy atom. The molecule has 2 aromatic carbocycles. The highest BCUT2D eigenvalue weighted by molar-refractivity contribution is 6.21. The smallest absolute Gasteiger partial charge is 0.261 e. The van der Waals surface area contributed by atoms with Crippen LogP contribution in [0.5, 0.6) is 5.75 Å². The Morgan fingerprint density at radius 2 is 1.73 bits per heavy atom. The van der Waals surface area contributed by atoms with Crippen molar-refractivity contribution in [2.45, 2.75) is 26.0 Å². The largest absolute Gasteiger partial charge is 0.483 e. The summed E-state index contributed by atoms with van der Waals surface area (Å²) >= 11 is 0. The first-order chi connectivity index (χ1) is 14.4. The van der Waals surface area contributed by atoms with Crippen molar-refractivity contribution in [1.29, 1.82) is 0 Å². The number of amides is 2. The van der Waals surface area contributed by atoms with Crippen molar-refractivity contribution in [2.75, 3.05) is 6.54 Å². The van der Waals surface area contributed by atoms with Gasteiger partial charge in [0.2, 0.25) is 0 Å². The van der Waals surface area contributed by atoms with Gasteiger partial charge < -0.3 is 4.74 Å². The van der Waals surface area contributed by atoms with E-state index in [-0.39, 0.29) is 24.0 Å². The van der Waals surface area contributed by atoms with E-state index in [1.165, 1.54) is 4.90 Å². The van der Waals surface area contributed by atoms with E-state index < -0.39 is 0 Å². The van der Waals surface area contributed by atoms with E-state index in [4.69, 9.17) is 4.74 Å². The number of rotatable bonds is 4. The summed E-state index contributed by atoms with van der Waals surface area (Å²) < 4.78 is 7.56. The maximum absolute atomic E-state index is 12.6. The van der Waals surface area contributed by atoms with Gasteiger partial charge in [-0.2, -0.15) is 0 Å². The Hall–Kier alpha value is -3.81. The van der Waals surface area contributed by atoms with Crippen LogP contribution in [0.2, 0.25) is 0 Å². The number of hydrogen-bond donors (Lipinski definition) is 0. The molecule has 5 rings (SSSR count). The first-order valence-corrected chi connectivity index (χ1v) is 9.67. The summed E-state index contributed by atoms with van der Waals surface area (Å²) in [6, 6.07) is 12.6. The molecule has 0 radical (unpaired) electrons. The first kappa shape index (κ1) is 18.2. The van der Waals surface area contributed by atoms with E-state index in [1.807, 2.05) is 44.2 Å². The molecule has 0 fully saturated rings. The second-order valence-corrected chi connectivity index (χ2v) is 7.82. The molecule has 0 bridgehead atoms. The van der Waals surface area contributed by atoms with E-state index in [0.717, 1.165) is 16.9 Å². The minimum absolute atomic E-state index is 0.187. The van der Waals surface area contributed by atoms with E-state index in [9.17, 15) is 9.59 Å². The molecule has 2 aliphatic rings. The van der Waals surface area contributed by atoms with Gasteiger partial charge in [0, 0.05) is 17.7 Å². The summed E-state index contributed by atoms with van der Waals surface area (Å²) in [5.41, 5.74) is 2.30. The normalized spacial score (nSPS) is 16.4. The van der Waals surface area contributed by atoms with Gasteiger partial charge in [0.05, 0.1) is 17.7 Å². The van der Waals surface area contributed by atoms with Crippen molar-refractivity contribution < 1.29 is 14.3 Å². The highest BCUT2D eigenvalue weighted by Crippen LogP contribution is 2.33. The van der Waals surface area contributed by atoms with Crippen LogP contribution in [-0.2, 0) is 6.54 Å². The molecule has 2 aliphatic heterocycles. The number of ether oxygens (including phenoxy) is 1. The molecule has 0 saturated carbocycles. The standard InChI is InChI=1S/C22H19N5O3/c1-22(2)10-9-14-13-15(7-8-18(14)30-22)19-23-24-25-27(19)12-11-26-20(28)16-5-3-4-6-17(16)21(26)29/h3-10,13H,11-12H2,1-2H3. The first-order valence-electron chi connectivity index (χ1n) is 9.67. The van der Waals surface area contributed by atoms with Gasteiger partial charge in [0.15, 0.2) is 5.82 Å². The number of benzene rings is 2. The predicted molar refractivity (Wildman–Crippen MR) is 109 cm³/mol. The second kappa shape index (κ2) is 6.62. The summed E-state index contributed by atoms with van der Waals surface area (Å²) in [5, 5.41) is 12.0. The summed E-state index contributed by atoms with van der Waals surface area (Å²) in [6.07, 6.45) is 4.03. The molecule has 0 unspecified atom stereocenters. The van der Waals surface area contributed by atoms with Gasteiger partial charge in [-0.05, 0) is 60.7 Å². The lowest BCUT2D eigenvalue weighted by Gasteiger charge is -2.27. The predicted octanol–water partition coefficient (Wildman–Crippen LogP) is 2.82. The molecule has 2 amide bonds. The van der Waals surface area contributed by atoms with Crippen LogP contribution in [0.1, 0.15) is 40.1 Å². The van der Waals surface area contributed by atoms with E-state index in [2.05, 4.69) is 15.5 Å². The summed E-state index contributed by atoms with van der Waals surface area (Å²) in [5.74, 6) is 0.789. The molecule has 150 valence electrons. The van der Waals surface area contributed by atoms with Crippen LogP contribution in [0.3, 0.4) is 0 Å². The van der Waals surface area contributed by atoms with Gasteiger partial charge in [0.1, 0.15) is 11.4 Å². The molecule has 30 heavy (non-hydrogen) atoms. The number of hydrogen-bond acceptors (Lipinski definition) is 6. The minimum atomic E-state index is -0.345. The maximum Gasteiger partial charge on any atom is 0.261 e. The van der Waals surface area contributed by atoms with Crippen LogP contribution < -0.4 is 4.74 Å². The maximum atomic E-state index is 12.6. The number of carbonyl (C=O) groups is 2. The Labute approximate surface area is 172 Å². The summed E-state index contributed by atoms with van der Waals surface area (Å²) in [4.78, 5) is 26.4. The van der Waals surface area contributed by atoms with Crippen molar-refractivity contribution in [3.05, 3.63) is 65.2 Å². The molecule has 0 N–H and O–H groups in total. The van der Waals surface area contributed by atoms with E-state index in [0.29, 0.717) is 23.5 Å². The molecule has 0 aliphatic carbocycles. The Bertz CT molecular complexity index is 1180. The summed E-state index contributed by atoms with van der Waals surface area (Å²) in [7, 11) is 0. The van der Waals surface area contributed by atoms with Gasteiger partial charge >= 0.3 is 0 Å². The van der Waals surface area contributed by atoms with Gasteiger partial charge in [-0.15, -0.1) is 5.10 Å². The third-order valence-electron chi connectivity index (χ3n) is 5.25. The number of tetrazole rings is 1. The topological polar surface area (TPSA) is 90.2 Å². The number of fused-ring (bicyclic) bond motifs is 2. The fourth-order valence-corrected chi connectivity index (χ4v) is 3.72. The average Bonchev–Trinajstić information content (AvgIpc) is 3.29. The second-order valence-electron chi connectivity index (χ2n) is 7.82. The zero-order valence-corrected chi connectivity index (χ0v) is 16.6. The number of aromatic nitrogens is 4. The third-order valence-corrected chi connectivity index (χ3v) is 5.25. The van der Waals surface area contributed by atoms with Gasteiger partial charge in [-0.3, -0.25) is 14.5 Å². The number of carbonyl (C=O) groups excluding carboxylic acids is 2. The molecule has 0 saturated heterocycles. The quantitative estimate of drug-likeness (QED) is 0.625. The van der Waals surface area contributed by atoms with E-state index in [1.54, 1.807) is 28.9 Å². The van der Waals surface area contributed by atoms with Crippen molar-refractivity contribution in [3.63, 3.8) is 0 Å². The average molecular weight is 401 g/mol. The molecule has 0 atom stereocenters. The van der Waals surface area contributed by atoms with Gasteiger partial charge in [-0.25, -0.2) is 4.68 Å². The lowest BCUT2D eigenvalue weighted by molar-refractivity contribution is 0.0647. The fraction of sp³-hybridized carbons (Fsp3) is 0.227. The van der Waals surface area contributed by atoms with Gasteiger partial charge in [0.25, 0.3) is 11.8 Å². The fourth-order valence-electron chi connectivity index (χ4n) is 3.72. The minimum Gasteiger partial charge on any atom is -0.483 e. The van der Waals surface area contributed by atoms with Crippen LogP contribution >= 0.6 is 0 Å². The third kappa shape index (κ3) is 2.97. The Morgan fingerprint density at radius 1 is 1.00 bits per heavy atom. The van der Waals surface area contributed by atoms with Crippen LogP contribution in [0.4, 0.5) is 0 Å². The van der Waals surface area contributed by atoms with Crippen LogP contribution in [0, 0.1) is 0 Å². The molecular formula is C22H19N5O3. The SMILES string of the molecule is CC1(C)C=Cc2cc(-c3nnnn3CCN3C(=O)c4ccccc4C3=O)ccc2O1. The molecule has 1 aromatic heterocycles. The zero-order chi connectivity index (χ0) is 20.9. The van der Waals surface area contributed by atoms with Crippen molar-refractivity contribution in [3.8, 4) is 17.1 Å². The van der Waals surface area contributed by atoms with Crippen molar-refractivity contribution >= 4 is 17.9 Å². The monoisotopic (exact) mass is 401 g/mol. The Balaban J connectivity index is 1.37. The molecule has 3 aromatic rings. The zero-order valence-electron chi connectivity index (χ0n) is 16.6. The van der Waals surface area contributed by atoms with Crippen molar-refractivity contribution in [2.24, 2.45) is 0 Å². The van der Waals surface area contributed by atoms with Gasteiger partial charge in [-0.1, -0.05) is 18.2 Å². The summed E-state index contributed by atoms with van der Waals surface area (Å²) in [6.45, 7) is 4.48. The molecule has 8 nitrogen and oxygen atoms in total. The van der Waals surface area contributed by atoms with Crippen LogP contribution in [0.25, 0.3) is 17.5 Å². The van der Waals surface area contributed by atoms with Crippen LogP contribution in [-0.4, -0.2) is 49.1 Å². The molecule has 8 heteroatoms. The number of nitrogens with zero attached hydrogens (tertiary/aromatic N) is 5. The molecule has 3 heterocycles. The molecular weight excluding hydrogens is 382 g/mol. The van der Waals surface area contributed by atoms with Crippen LogP contribution in [0.15, 0.2) is 48.5 Å². The lowest BCUT2D eigenvalue weighted by atomic mass is 10.0. The highest BCUT2D eigenvalue weighted by Gasteiger charge is 2.35. The van der Waals surface area contributed by atoms with E-state index >= 15 is 0 Å². The Kier molecular flexibility index (Phi) is 4.02. The lowest BCUT2D eigenvalue weighted by Crippen LogP contribution is -2.33. The molecule has 0 spiro atoms.